The first-order valence-corrected chi connectivity index (χ1v) is 47.0. The molecule has 28 atom stereocenters. The number of hydrogen-bond acceptors (Lipinski definition) is 12. The van der Waals surface area contributed by atoms with Gasteiger partial charge in [-0.2, -0.15) is 13.2 Å². The van der Waals surface area contributed by atoms with E-state index in [1.165, 1.54) is 120 Å². The van der Waals surface area contributed by atoms with Gasteiger partial charge in [0, 0.05) is 70.7 Å². The van der Waals surface area contributed by atoms with Crippen molar-refractivity contribution in [1.82, 2.24) is 19.9 Å². The fourth-order valence-electron chi connectivity index (χ4n) is 25.8. The molecular formula is C109H120F6N4O8. The van der Waals surface area contributed by atoms with E-state index < -0.39 is 11.7 Å². The molecule has 8 saturated carbocycles. The Bertz CT molecular complexity index is 4960. The van der Waals surface area contributed by atoms with Gasteiger partial charge in [0.2, 0.25) is 0 Å². The molecule has 4 saturated heterocycles. The standard InChI is InChI=1S/C28H30F3NO2.3C27H30FNO2/c1-16-6-10-23-20(12-16)14-25-26(17(2)34-27(25)33)24(23)11-9-22-8-7-19(15-32-22)18-4-3-5-21(13-18)28(29,30)31;3*1-16-6-10-23-20(12-16)14-25-26(17(2)31-27(25)30)24(23)11-9-22-8-7-19(15-29-22)18-4-3-5-21(28)13-18/h3-5,7-9,11,13,15-17,20,23-26H,6,10,12,14H2,1-2H3;3*3-5,7-9,11,13,15-17,20,23-26H,6,10,12,14H2,1-2H3/b4*11-9+/t4*16-,17-,20+,23-,24+,25-,26+/m1111/s1. The Kier molecular flexibility index (Phi) is 26.8. The van der Waals surface area contributed by atoms with Crippen molar-refractivity contribution in [2.24, 2.45) is 142 Å². The average molecular weight is 1730 g/mol. The molecule has 4 aromatic carbocycles. The van der Waals surface area contributed by atoms with Gasteiger partial charge in [-0.3, -0.25) is 39.1 Å². The summed E-state index contributed by atoms with van der Waals surface area (Å²) in [7, 11) is 0. The number of allylic oxidation sites excluding steroid dienone is 4. The van der Waals surface area contributed by atoms with E-state index in [9.17, 15) is 45.5 Å². The summed E-state index contributed by atoms with van der Waals surface area (Å²) in [4.78, 5) is 68.3. The number of cyclic esters (lactones) is 4. The zero-order valence-electron chi connectivity index (χ0n) is 74.1. The number of esters is 4. The van der Waals surface area contributed by atoms with Crippen LogP contribution in [0.1, 0.15) is 186 Å². The van der Waals surface area contributed by atoms with Gasteiger partial charge >= 0.3 is 30.1 Å². The highest BCUT2D eigenvalue weighted by Crippen LogP contribution is 2.59. The minimum atomic E-state index is -4.37. The van der Waals surface area contributed by atoms with E-state index in [1.54, 1.807) is 49.1 Å². The van der Waals surface area contributed by atoms with Crippen molar-refractivity contribution in [3.8, 4) is 44.5 Å². The van der Waals surface area contributed by atoms with Gasteiger partial charge in [0.25, 0.3) is 0 Å². The van der Waals surface area contributed by atoms with Crippen LogP contribution in [0.5, 0.6) is 0 Å². The molecule has 8 aromatic rings. The van der Waals surface area contributed by atoms with Crippen molar-refractivity contribution in [2.45, 2.75) is 189 Å². The Balaban J connectivity index is 0.000000119. The monoisotopic (exact) mass is 1730 g/mol. The van der Waals surface area contributed by atoms with Crippen LogP contribution in [-0.2, 0) is 44.3 Å². The molecule has 12 aliphatic rings. The van der Waals surface area contributed by atoms with Crippen LogP contribution in [0, 0.1) is 159 Å². The van der Waals surface area contributed by atoms with Gasteiger partial charge in [0.05, 0.1) is 52.0 Å². The first-order chi connectivity index (χ1) is 61.2. The number of ether oxygens (including phenoxy) is 4. The predicted molar refractivity (Wildman–Crippen MR) is 482 cm³/mol. The molecule has 20 rings (SSSR count). The largest absolute Gasteiger partial charge is 0.462 e. The molecule has 12 nitrogen and oxygen atoms in total. The van der Waals surface area contributed by atoms with E-state index in [0.717, 1.165) is 112 Å². The Labute approximate surface area is 744 Å². The number of pyridine rings is 4. The second-order valence-electron chi connectivity index (χ2n) is 39.9. The Hall–Kier alpha value is -10.1. The van der Waals surface area contributed by atoms with E-state index >= 15 is 0 Å². The van der Waals surface area contributed by atoms with Crippen LogP contribution < -0.4 is 0 Å². The van der Waals surface area contributed by atoms with Crippen molar-refractivity contribution in [2.75, 3.05) is 0 Å². The lowest BCUT2D eigenvalue weighted by Gasteiger charge is -2.47. The lowest BCUT2D eigenvalue weighted by atomic mass is 9.56. The van der Waals surface area contributed by atoms with Crippen LogP contribution in [0.2, 0.25) is 0 Å². The molecular weight excluding hydrogens is 1610 g/mol. The predicted octanol–water partition coefficient (Wildman–Crippen LogP) is 25.5. The van der Waals surface area contributed by atoms with Crippen molar-refractivity contribution < 1.29 is 64.5 Å². The highest BCUT2D eigenvalue weighted by molar-refractivity contribution is 5.78. The number of aromatic nitrogens is 4. The van der Waals surface area contributed by atoms with Crippen LogP contribution >= 0.6 is 0 Å². The molecule has 127 heavy (non-hydrogen) atoms. The molecule has 18 heteroatoms. The van der Waals surface area contributed by atoms with Crippen LogP contribution in [0.25, 0.3) is 68.8 Å². The van der Waals surface area contributed by atoms with Crippen LogP contribution in [-0.4, -0.2) is 68.2 Å². The van der Waals surface area contributed by atoms with Gasteiger partial charge in [-0.1, -0.05) is 150 Å². The van der Waals surface area contributed by atoms with E-state index in [2.05, 4.69) is 111 Å². The highest BCUT2D eigenvalue weighted by atomic mass is 19.4. The summed E-state index contributed by atoms with van der Waals surface area (Å²) in [6, 6.07) is 40.6. The summed E-state index contributed by atoms with van der Waals surface area (Å²) in [5.41, 5.74) is 9.08. The smallest absolute Gasteiger partial charge is 0.416 e. The third-order valence-electron chi connectivity index (χ3n) is 31.7. The number of carbonyl (C=O) groups excluding carboxylic acids is 4. The van der Waals surface area contributed by atoms with Crippen molar-refractivity contribution in [3.05, 3.63) is 240 Å². The molecule has 0 N–H and O–H groups in total. The van der Waals surface area contributed by atoms with E-state index in [4.69, 9.17) is 18.9 Å². The molecule has 8 heterocycles. The van der Waals surface area contributed by atoms with Gasteiger partial charge in [-0.25, -0.2) is 13.2 Å². The number of hydrogen-bond donors (Lipinski definition) is 0. The summed E-state index contributed by atoms with van der Waals surface area (Å²) >= 11 is 0. The average Bonchev–Trinajstić information content (AvgIpc) is 1.65. The molecule has 0 bridgehead atoms. The lowest BCUT2D eigenvalue weighted by molar-refractivity contribution is -0.145. The zero-order valence-corrected chi connectivity index (χ0v) is 74.1. The van der Waals surface area contributed by atoms with Gasteiger partial charge in [0.1, 0.15) is 41.9 Å². The Morgan fingerprint density at radius 1 is 0.299 bits per heavy atom. The molecule has 0 amide bonds. The Morgan fingerprint density at radius 2 is 0.543 bits per heavy atom. The fourth-order valence-corrected chi connectivity index (χ4v) is 25.8. The molecule has 8 aliphatic carbocycles. The number of carbonyl (C=O) groups is 4. The van der Waals surface area contributed by atoms with E-state index in [1.807, 2.05) is 79.7 Å². The van der Waals surface area contributed by atoms with Crippen LogP contribution in [0.4, 0.5) is 26.3 Å². The number of rotatable bonds is 12. The summed E-state index contributed by atoms with van der Waals surface area (Å²) in [6.07, 6.45) is 38.6. The fraction of sp³-hybridized carbons (Fsp3) is 0.486. The first kappa shape index (κ1) is 88.9. The number of halogens is 6. The first-order valence-electron chi connectivity index (χ1n) is 47.0. The summed E-state index contributed by atoms with van der Waals surface area (Å²) in [6.45, 7) is 17.5. The van der Waals surface area contributed by atoms with Gasteiger partial charge in [-0.15, -0.1) is 0 Å². The Morgan fingerprint density at radius 3 is 0.772 bits per heavy atom. The maximum Gasteiger partial charge on any atom is 0.416 e. The second kappa shape index (κ2) is 38.3. The van der Waals surface area contributed by atoms with Crippen molar-refractivity contribution in [1.29, 1.82) is 0 Å². The maximum atomic E-state index is 13.5. The number of alkyl halides is 3. The summed E-state index contributed by atoms with van der Waals surface area (Å²) in [5, 5.41) is 0. The third-order valence-corrected chi connectivity index (χ3v) is 31.7. The van der Waals surface area contributed by atoms with Gasteiger partial charge < -0.3 is 18.9 Å². The van der Waals surface area contributed by atoms with Gasteiger partial charge in [-0.05, 0) is 319 Å². The topological polar surface area (TPSA) is 157 Å². The van der Waals surface area contributed by atoms with E-state index in [0.29, 0.717) is 82.1 Å². The summed E-state index contributed by atoms with van der Waals surface area (Å²) in [5.74, 6) is 9.39. The third kappa shape index (κ3) is 19.8. The van der Waals surface area contributed by atoms with Crippen molar-refractivity contribution >= 4 is 48.2 Å². The summed E-state index contributed by atoms with van der Waals surface area (Å²) < 4.78 is 102. The molecule has 0 radical (unpaired) electrons. The van der Waals surface area contributed by atoms with Crippen LogP contribution in [0.3, 0.4) is 0 Å². The quantitative estimate of drug-likeness (QED) is 0.0649. The minimum absolute atomic E-state index is 0.00477. The number of benzene rings is 4. The lowest BCUT2D eigenvalue weighted by Crippen LogP contribution is -2.43. The molecule has 0 unspecified atom stereocenters. The molecule has 4 aliphatic heterocycles. The molecule has 4 aromatic heterocycles. The van der Waals surface area contributed by atoms with Crippen LogP contribution in [0.15, 0.2) is 195 Å². The van der Waals surface area contributed by atoms with Crippen molar-refractivity contribution in [3.63, 3.8) is 0 Å². The zero-order chi connectivity index (χ0) is 88.6. The number of nitrogens with zero attached hydrogens (tertiary/aromatic N) is 4. The molecule has 666 valence electrons. The number of fused-ring (bicyclic) bond motifs is 8. The normalized spacial score (nSPS) is 34.5. The SMILES string of the molecule is C[C@@H]1CC[C@@H]2[C@@H](C1)C[C@H]1C(=O)O[C@H](C)[C@H]1[C@H]2/C=C/c1ccc(-c2cccc(C(F)(F)F)c2)cn1.C[C@@H]1CC[C@@H]2[C@@H](C1)C[C@H]1C(=O)O[C@H](C)[C@H]1[C@H]2/C=C/c1ccc(-c2cccc(F)c2)cn1.C[C@@H]1CC[C@@H]2[C@@H](C1)C[C@H]1C(=O)O[C@H](C)[C@H]1[C@H]2/C=C/c1ccc(-c2cccc(F)c2)cn1.C[C@@H]1CC[C@@H]2[C@@H](C1)C[C@H]1C(=O)O[C@H](C)[C@H]1[C@H]2/C=C/c1ccc(-c2cccc(F)c2)cn1. The maximum absolute atomic E-state index is 13.5. The second-order valence-corrected chi connectivity index (χ2v) is 39.9. The highest BCUT2D eigenvalue weighted by Gasteiger charge is 2.59. The molecule has 0 spiro atoms. The molecule has 12 fully saturated rings. The minimum Gasteiger partial charge on any atom is -0.462 e. The van der Waals surface area contributed by atoms with Gasteiger partial charge in [0.15, 0.2) is 0 Å². The van der Waals surface area contributed by atoms with E-state index in [-0.39, 0.29) is 119 Å².